The van der Waals surface area contributed by atoms with E-state index in [4.69, 9.17) is 0 Å². The van der Waals surface area contributed by atoms with E-state index in [2.05, 4.69) is 25.5 Å². The molecule has 17 heavy (non-hydrogen) atoms. The van der Waals surface area contributed by atoms with E-state index in [1.54, 1.807) is 6.20 Å². The van der Waals surface area contributed by atoms with Gasteiger partial charge >= 0.3 is 0 Å². The molecule has 0 aliphatic heterocycles. The van der Waals surface area contributed by atoms with Crippen LogP contribution in [-0.4, -0.2) is 26.1 Å². The molecule has 6 nitrogen and oxygen atoms in total. The minimum absolute atomic E-state index is 0.0902. The Morgan fingerprint density at radius 2 is 2.35 bits per heavy atom. The van der Waals surface area contributed by atoms with Crippen LogP contribution in [0.3, 0.4) is 0 Å². The van der Waals surface area contributed by atoms with Crippen molar-refractivity contribution in [2.45, 2.75) is 19.4 Å². The molecule has 2 rings (SSSR count). The molecule has 0 bridgehead atoms. The molecule has 2 aromatic rings. The number of hydrogen-bond acceptors (Lipinski definition) is 4. The fourth-order valence-electron chi connectivity index (χ4n) is 1.45. The zero-order chi connectivity index (χ0) is 12.1. The van der Waals surface area contributed by atoms with Gasteiger partial charge in [-0.05, 0) is 19.1 Å². The van der Waals surface area contributed by atoms with Crippen LogP contribution in [-0.2, 0) is 11.2 Å². The van der Waals surface area contributed by atoms with Gasteiger partial charge in [-0.1, -0.05) is 6.07 Å². The summed E-state index contributed by atoms with van der Waals surface area (Å²) in [6.45, 7) is 1.84. The first-order valence-corrected chi connectivity index (χ1v) is 5.30. The third kappa shape index (κ3) is 3.10. The SMILES string of the molecule is CC(NC(=O)Cc1ccccn1)c1ncn[nH]1. The summed E-state index contributed by atoms with van der Waals surface area (Å²) in [5.74, 6) is 0.548. The third-order valence-corrected chi connectivity index (χ3v) is 2.29. The van der Waals surface area contributed by atoms with Crippen molar-refractivity contribution >= 4 is 5.91 Å². The molecule has 0 aliphatic carbocycles. The Balaban J connectivity index is 1.90. The minimum Gasteiger partial charge on any atom is -0.346 e. The Labute approximate surface area is 98.5 Å². The van der Waals surface area contributed by atoms with E-state index in [0.29, 0.717) is 5.82 Å². The Hall–Kier alpha value is -2.24. The highest BCUT2D eigenvalue weighted by molar-refractivity contribution is 5.78. The fraction of sp³-hybridized carbons (Fsp3) is 0.273. The van der Waals surface area contributed by atoms with Crippen molar-refractivity contribution in [3.8, 4) is 0 Å². The van der Waals surface area contributed by atoms with Crippen molar-refractivity contribution in [1.82, 2.24) is 25.5 Å². The number of nitrogens with one attached hydrogen (secondary N) is 2. The van der Waals surface area contributed by atoms with Crippen LogP contribution in [0.4, 0.5) is 0 Å². The van der Waals surface area contributed by atoms with Crippen molar-refractivity contribution in [1.29, 1.82) is 0 Å². The monoisotopic (exact) mass is 231 g/mol. The zero-order valence-corrected chi connectivity index (χ0v) is 9.42. The largest absolute Gasteiger partial charge is 0.346 e. The smallest absolute Gasteiger partial charge is 0.226 e. The van der Waals surface area contributed by atoms with Gasteiger partial charge in [-0.2, -0.15) is 5.10 Å². The van der Waals surface area contributed by atoms with Gasteiger partial charge in [0.25, 0.3) is 0 Å². The summed E-state index contributed by atoms with van der Waals surface area (Å²) in [6, 6.07) is 5.31. The predicted octanol–water partition coefficient (Wildman–Crippen LogP) is 0.620. The molecule has 0 aromatic carbocycles. The summed E-state index contributed by atoms with van der Waals surface area (Å²) in [5.41, 5.74) is 0.745. The molecule has 0 radical (unpaired) electrons. The molecule has 6 heteroatoms. The molecule has 88 valence electrons. The number of aromatic nitrogens is 4. The molecule has 2 heterocycles. The number of pyridine rings is 1. The van der Waals surface area contributed by atoms with Crippen LogP contribution in [0.25, 0.3) is 0 Å². The van der Waals surface area contributed by atoms with Gasteiger partial charge in [0.05, 0.1) is 12.5 Å². The molecule has 0 saturated heterocycles. The van der Waals surface area contributed by atoms with Gasteiger partial charge in [0.2, 0.25) is 5.91 Å². The topological polar surface area (TPSA) is 83.6 Å². The molecule has 0 fully saturated rings. The third-order valence-electron chi connectivity index (χ3n) is 2.29. The average Bonchev–Trinajstić information content (AvgIpc) is 2.83. The summed E-state index contributed by atoms with van der Waals surface area (Å²) < 4.78 is 0. The highest BCUT2D eigenvalue weighted by Crippen LogP contribution is 2.04. The summed E-state index contributed by atoms with van der Waals surface area (Å²) in [6.07, 6.45) is 3.35. The van der Waals surface area contributed by atoms with Crippen molar-refractivity contribution in [3.05, 3.63) is 42.2 Å². The number of H-pyrrole nitrogens is 1. The van der Waals surface area contributed by atoms with Gasteiger partial charge in [0.1, 0.15) is 12.2 Å². The van der Waals surface area contributed by atoms with Crippen LogP contribution in [0.2, 0.25) is 0 Å². The number of carbonyl (C=O) groups excluding carboxylic acids is 1. The number of aromatic amines is 1. The maximum Gasteiger partial charge on any atom is 0.226 e. The van der Waals surface area contributed by atoms with E-state index >= 15 is 0 Å². The van der Waals surface area contributed by atoms with E-state index in [1.165, 1.54) is 6.33 Å². The molecule has 0 spiro atoms. The zero-order valence-electron chi connectivity index (χ0n) is 9.42. The van der Waals surface area contributed by atoms with Crippen molar-refractivity contribution in [3.63, 3.8) is 0 Å². The molecule has 1 atom stereocenters. The van der Waals surface area contributed by atoms with Crippen LogP contribution in [0, 0.1) is 0 Å². The molecule has 2 aromatic heterocycles. The highest BCUT2D eigenvalue weighted by atomic mass is 16.1. The second kappa shape index (κ2) is 5.20. The van der Waals surface area contributed by atoms with Crippen molar-refractivity contribution < 1.29 is 4.79 Å². The van der Waals surface area contributed by atoms with Crippen LogP contribution in [0.15, 0.2) is 30.7 Å². The van der Waals surface area contributed by atoms with Gasteiger partial charge in [0.15, 0.2) is 0 Å². The standard InChI is InChI=1S/C11H13N5O/c1-8(11-13-7-14-16-11)15-10(17)6-9-4-2-3-5-12-9/h2-5,7-8H,6H2,1H3,(H,15,17)(H,13,14,16). The van der Waals surface area contributed by atoms with E-state index < -0.39 is 0 Å². The molecule has 1 amide bonds. The maximum atomic E-state index is 11.7. The number of nitrogens with zero attached hydrogens (tertiary/aromatic N) is 3. The first-order valence-electron chi connectivity index (χ1n) is 5.30. The number of carbonyl (C=O) groups is 1. The molecular formula is C11H13N5O. The lowest BCUT2D eigenvalue weighted by Crippen LogP contribution is -2.29. The average molecular weight is 231 g/mol. The Kier molecular flexibility index (Phi) is 3.44. The van der Waals surface area contributed by atoms with Gasteiger partial charge in [0, 0.05) is 11.9 Å². The molecule has 2 N–H and O–H groups in total. The summed E-state index contributed by atoms with van der Waals surface area (Å²) in [7, 11) is 0. The molecular weight excluding hydrogens is 218 g/mol. The maximum absolute atomic E-state index is 11.7. The van der Waals surface area contributed by atoms with Gasteiger partial charge in [-0.15, -0.1) is 0 Å². The summed E-state index contributed by atoms with van der Waals surface area (Å²) in [4.78, 5) is 19.8. The molecule has 1 unspecified atom stereocenters. The highest BCUT2D eigenvalue weighted by Gasteiger charge is 2.12. The van der Waals surface area contributed by atoms with Gasteiger partial charge in [-0.25, -0.2) is 4.98 Å². The lowest BCUT2D eigenvalue weighted by molar-refractivity contribution is -0.121. The van der Waals surface area contributed by atoms with E-state index in [0.717, 1.165) is 5.69 Å². The Morgan fingerprint density at radius 3 is 3.00 bits per heavy atom. The van der Waals surface area contributed by atoms with Crippen LogP contribution < -0.4 is 5.32 Å². The Morgan fingerprint density at radius 1 is 1.47 bits per heavy atom. The summed E-state index contributed by atoms with van der Waals surface area (Å²) in [5, 5.41) is 9.27. The quantitative estimate of drug-likeness (QED) is 0.808. The van der Waals surface area contributed by atoms with E-state index in [1.807, 2.05) is 25.1 Å². The predicted molar refractivity (Wildman–Crippen MR) is 60.9 cm³/mol. The van der Waals surface area contributed by atoms with Crippen molar-refractivity contribution in [2.75, 3.05) is 0 Å². The minimum atomic E-state index is -0.186. The molecule has 0 aliphatic rings. The van der Waals surface area contributed by atoms with Crippen LogP contribution >= 0.6 is 0 Å². The number of rotatable bonds is 4. The van der Waals surface area contributed by atoms with Crippen LogP contribution in [0.5, 0.6) is 0 Å². The Bertz CT molecular complexity index is 468. The normalized spacial score (nSPS) is 12.1. The lowest BCUT2D eigenvalue weighted by Gasteiger charge is -2.10. The van der Waals surface area contributed by atoms with E-state index in [-0.39, 0.29) is 18.4 Å². The van der Waals surface area contributed by atoms with E-state index in [9.17, 15) is 4.79 Å². The molecule has 0 saturated carbocycles. The van der Waals surface area contributed by atoms with Gasteiger partial charge < -0.3 is 5.32 Å². The second-order valence-electron chi connectivity index (χ2n) is 3.66. The second-order valence-corrected chi connectivity index (χ2v) is 3.66. The number of amides is 1. The fourth-order valence-corrected chi connectivity index (χ4v) is 1.45. The lowest BCUT2D eigenvalue weighted by atomic mass is 10.2. The first-order chi connectivity index (χ1) is 8.25. The van der Waals surface area contributed by atoms with Crippen LogP contribution in [0.1, 0.15) is 24.5 Å². The van der Waals surface area contributed by atoms with Crippen molar-refractivity contribution in [2.24, 2.45) is 0 Å². The van der Waals surface area contributed by atoms with Gasteiger partial charge in [-0.3, -0.25) is 14.9 Å². The summed E-state index contributed by atoms with van der Waals surface area (Å²) >= 11 is 0. The number of hydrogen-bond donors (Lipinski definition) is 2. The first kappa shape index (κ1) is 11.3.